The van der Waals surface area contributed by atoms with Gasteiger partial charge in [-0.3, -0.25) is 5.01 Å². The minimum atomic E-state index is -3.65. The second-order valence-electron chi connectivity index (χ2n) is 12.5. The lowest BCUT2D eigenvalue weighted by Crippen LogP contribution is -2.37. The first-order valence-corrected chi connectivity index (χ1v) is 17.7. The standard InChI is InChI=1S/C32H49ClN8O3S/c1-8-41(7)39-30(45(42,43)21(2)3)20-35-31-27(33)19-36-32(38-31)37-28-17-22(4)26(18-29(28)44-25-13-14-25)23-9-11-24(12-10-23)34-15-16-40(5)6/h8,17-19,21,23-25,34H,1,9-16,20H2,2-7H3,(H2,35,36,37,38)/b39-30+/t23-,24-. The molecule has 0 aliphatic heterocycles. The maximum absolute atomic E-state index is 13.0. The van der Waals surface area contributed by atoms with Gasteiger partial charge in [0.1, 0.15) is 10.8 Å². The number of sulfone groups is 1. The lowest BCUT2D eigenvalue weighted by atomic mass is 9.80. The van der Waals surface area contributed by atoms with Crippen molar-refractivity contribution in [3.05, 3.63) is 47.3 Å². The molecule has 3 N–H and O–H groups in total. The first-order valence-electron chi connectivity index (χ1n) is 15.8. The van der Waals surface area contributed by atoms with E-state index in [1.165, 1.54) is 41.4 Å². The van der Waals surface area contributed by atoms with Crippen molar-refractivity contribution < 1.29 is 13.2 Å². The molecule has 1 aromatic heterocycles. The summed E-state index contributed by atoms with van der Waals surface area (Å²) >= 11 is 6.42. The van der Waals surface area contributed by atoms with Crippen LogP contribution < -0.4 is 20.7 Å². The molecule has 1 aromatic carbocycles. The molecule has 0 atom stereocenters. The number of ether oxygens (including phenoxy) is 1. The fourth-order valence-electron chi connectivity index (χ4n) is 5.32. The van der Waals surface area contributed by atoms with Crippen molar-refractivity contribution in [1.82, 2.24) is 25.2 Å². The van der Waals surface area contributed by atoms with E-state index in [0.29, 0.717) is 17.9 Å². The highest BCUT2D eigenvalue weighted by molar-refractivity contribution is 8.07. The first kappa shape index (κ1) is 34.9. The molecule has 2 fully saturated rings. The van der Waals surface area contributed by atoms with Crippen LogP contribution >= 0.6 is 11.6 Å². The van der Waals surface area contributed by atoms with E-state index >= 15 is 0 Å². The number of hydrazone groups is 1. The maximum atomic E-state index is 13.0. The quantitative estimate of drug-likeness (QED) is 0.128. The molecule has 11 nitrogen and oxygen atoms in total. The third-order valence-corrected chi connectivity index (χ3v) is 10.6. The molecule has 1 heterocycles. The second kappa shape index (κ2) is 15.6. The lowest BCUT2D eigenvalue weighted by Gasteiger charge is -2.31. The average Bonchev–Trinajstić information content (AvgIpc) is 3.82. The van der Waals surface area contributed by atoms with Crippen molar-refractivity contribution in [2.75, 3.05) is 51.4 Å². The summed E-state index contributed by atoms with van der Waals surface area (Å²) in [5, 5.41) is 15.2. The van der Waals surface area contributed by atoms with Gasteiger partial charge in [0.05, 0.1) is 29.8 Å². The summed E-state index contributed by atoms with van der Waals surface area (Å²) in [6.45, 7) is 11.0. The highest BCUT2D eigenvalue weighted by atomic mass is 35.5. The van der Waals surface area contributed by atoms with Gasteiger partial charge in [-0.2, -0.15) is 10.1 Å². The van der Waals surface area contributed by atoms with E-state index in [9.17, 15) is 8.42 Å². The molecule has 0 amide bonds. The maximum Gasteiger partial charge on any atom is 0.229 e. The fourth-order valence-corrected chi connectivity index (χ4v) is 6.54. The Hall–Kier alpha value is -2.93. The van der Waals surface area contributed by atoms with Crippen LogP contribution in [0, 0.1) is 6.92 Å². The van der Waals surface area contributed by atoms with Crippen LogP contribution in [0.25, 0.3) is 0 Å². The van der Waals surface area contributed by atoms with Gasteiger partial charge in [-0.05, 0) is 103 Å². The van der Waals surface area contributed by atoms with Crippen LogP contribution in [0.4, 0.5) is 17.5 Å². The van der Waals surface area contributed by atoms with Gasteiger partial charge in [-0.15, -0.1) is 0 Å². The van der Waals surface area contributed by atoms with Crippen LogP contribution in [0.3, 0.4) is 0 Å². The van der Waals surface area contributed by atoms with Crippen molar-refractivity contribution in [3.63, 3.8) is 0 Å². The molecule has 0 radical (unpaired) electrons. The molecule has 2 saturated carbocycles. The fraction of sp³-hybridized carbons (Fsp3) is 0.594. The first-order chi connectivity index (χ1) is 21.4. The number of hydrogen-bond donors (Lipinski definition) is 3. The number of likely N-dealkylation sites (N-methyl/N-ethyl adjacent to an activating group) is 1. The topological polar surface area (TPSA) is 124 Å². The SMILES string of the molecule is C=CN(C)/N=C(\CNc1nc(Nc2cc(C)c([C@H]3CC[C@H](NCCN(C)C)CC3)cc2OC2CC2)ncc1Cl)S(=O)(=O)C(C)C. The van der Waals surface area contributed by atoms with Crippen molar-refractivity contribution in [2.45, 2.75) is 82.6 Å². The predicted molar refractivity (Wildman–Crippen MR) is 185 cm³/mol. The van der Waals surface area contributed by atoms with E-state index in [2.05, 4.69) is 75.7 Å². The van der Waals surface area contributed by atoms with Gasteiger partial charge in [-0.25, -0.2) is 13.4 Å². The van der Waals surface area contributed by atoms with Crippen molar-refractivity contribution in [2.24, 2.45) is 5.10 Å². The highest BCUT2D eigenvalue weighted by Gasteiger charge is 2.29. The second-order valence-corrected chi connectivity index (χ2v) is 15.5. The Morgan fingerprint density at radius 3 is 2.51 bits per heavy atom. The van der Waals surface area contributed by atoms with Crippen LogP contribution in [-0.2, 0) is 9.84 Å². The molecule has 2 aliphatic carbocycles. The van der Waals surface area contributed by atoms with Gasteiger partial charge in [0.15, 0.2) is 20.7 Å². The Balaban J connectivity index is 1.50. The molecule has 4 rings (SSSR count). The van der Waals surface area contributed by atoms with E-state index in [4.69, 9.17) is 16.3 Å². The Morgan fingerprint density at radius 2 is 1.89 bits per heavy atom. The Kier molecular flexibility index (Phi) is 12.1. The molecular weight excluding hydrogens is 612 g/mol. The molecule has 0 bridgehead atoms. The number of aryl methyl sites for hydroxylation is 1. The van der Waals surface area contributed by atoms with E-state index in [1.54, 1.807) is 20.9 Å². The number of halogens is 1. The minimum absolute atomic E-state index is 0.0474. The van der Waals surface area contributed by atoms with Gasteiger partial charge < -0.3 is 25.6 Å². The number of nitrogens with one attached hydrogen (secondary N) is 3. The summed E-state index contributed by atoms with van der Waals surface area (Å²) in [6.07, 6.45) is 9.84. The summed E-state index contributed by atoms with van der Waals surface area (Å²) in [5.74, 6) is 1.89. The van der Waals surface area contributed by atoms with Crippen molar-refractivity contribution in [3.8, 4) is 5.75 Å². The third kappa shape index (κ3) is 9.78. The number of hydrogen-bond acceptors (Lipinski definition) is 11. The van der Waals surface area contributed by atoms with Gasteiger partial charge in [-0.1, -0.05) is 18.2 Å². The molecule has 2 aromatic rings. The molecule has 13 heteroatoms. The van der Waals surface area contributed by atoms with Crippen LogP contribution in [0.5, 0.6) is 5.75 Å². The summed E-state index contributed by atoms with van der Waals surface area (Å²) in [4.78, 5) is 11.2. The van der Waals surface area contributed by atoms with Gasteiger partial charge in [0.2, 0.25) is 5.95 Å². The summed E-state index contributed by atoms with van der Waals surface area (Å²) < 4.78 is 32.3. The Bertz CT molecular complexity index is 1450. The zero-order valence-corrected chi connectivity index (χ0v) is 29.0. The highest BCUT2D eigenvalue weighted by Crippen LogP contribution is 2.41. The largest absolute Gasteiger partial charge is 0.488 e. The normalized spacial score (nSPS) is 19.1. The predicted octanol–water partition coefficient (Wildman–Crippen LogP) is 5.52. The number of anilines is 3. The molecule has 248 valence electrons. The van der Waals surface area contributed by atoms with E-state index in [1.807, 2.05) is 0 Å². The lowest BCUT2D eigenvalue weighted by molar-refractivity contribution is 0.302. The zero-order valence-electron chi connectivity index (χ0n) is 27.4. The molecule has 0 spiro atoms. The van der Waals surface area contributed by atoms with Gasteiger partial charge >= 0.3 is 0 Å². The van der Waals surface area contributed by atoms with Crippen LogP contribution in [0.15, 0.2) is 36.2 Å². The van der Waals surface area contributed by atoms with E-state index in [0.717, 1.165) is 50.2 Å². The number of nitrogens with zero attached hydrogens (tertiary/aromatic N) is 5. The van der Waals surface area contributed by atoms with E-state index in [-0.39, 0.29) is 28.5 Å². The Labute approximate surface area is 273 Å². The van der Waals surface area contributed by atoms with Crippen LogP contribution in [0.2, 0.25) is 5.02 Å². The summed E-state index contributed by atoms with van der Waals surface area (Å²) in [7, 11) is 2.18. The minimum Gasteiger partial charge on any atom is -0.488 e. The molecule has 2 aliphatic rings. The summed E-state index contributed by atoms with van der Waals surface area (Å²) in [6, 6.07) is 4.89. The Morgan fingerprint density at radius 1 is 1.18 bits per heavy atom. The van der Waals surface area contributed by atoms with Gasteiger partial charge in [0, 0.05) is 32.4 Å². The average molecular weight is 661 g/mol. The smallest absolute Gasteiger partial charge is 0.229 e. The van der Waals surface area contributed by atoms with Crippen LogP contribution in [-0.4, -0.2) is 91.5 Å². The molecule has 0 saturated heterocycles. The molecule has 0 unspecified atom stereocenters. The molecular formula is C32H49ClN8O3S. The zero-order chi connectivity index (χ0) is 32.7. The van der Waals surface area contributed by atoms with Crippen molar-refractivity contribution >= 4 is 43.9 Å². The third-order valence-electron chi connectivity index (χ3n) is 8.23. The number of benzene rings is 1. The van der Waals surface area contributed by atoms with Crippen molar-refractivity contribution in [1.29, 1.82) is 0 Å². The van der Waals surface area contributed by atoms with E-state index < -0.39 is 15.1 Å². The molecule has 45 heavy (non-hydrogen) atoms. The summed E-state index contributed by atoms with van der Waals surface area (Å²) in [5.41, 5.74) is 3.32. The van der Waals surface area contributed by atoms with Gasteiger partial charge in [0.25, 0.3) is 0 Å². The monoisotopic (exact) mass is 660 g/mol. The van der Waals surface area contributed by atoms with Crippen LogP contribution in [0.1, 0.15) is 69.4 Å². The number of rotatable bonds is 15. The number of aromatic nitrogens is 2.